The molecular formula is C25H32N2O2. The summed E-state index contributed by atoms with van der Waals surface area (Å²) in [5.41, 5.74) is 3.86. The summed E-state index contributed by atoms with van der Waals surface area (Å²) in [6, 6.07) is 14.1. The molecular weight excluding hydrogens is 360 g/mol. The van der Waals surface area contributed by atoms with E-state index in [1.165, 1.54) is 31.4 Å². The number of carbonyl (C=O) groups excluding carboxylic acids is 1. The van der Waals surface area contributed by atoms with Crippen LogP contribution in [0.1, 0.15) is 55.5 Å². The van der Waals surface area contributed by atoms with E-state index in [9.17, 15) is 4.79 Å². The first-order chi connectivity index (χ1) is 14.0. The summed E-state index contributed by atoms with van der Waals surface area (Å²) in [4.78, 5) is 17.1. The van der Waals surface area contributed by atoms with Crippen molar-refractivity contribution in [3.05, 3.63) is 59.4 Å². The van der Waals surface area contributed by atoms with Gasteiger partial charge in [-0.05, 0) is 48.7 Å². The van der Waals surface area contributed by atoms with Crippen LogP contribution in [0.5, 0.6) is 5.75 Å². The van der Waals surface area contributed by atoms with Gasteiger partial charge in [0, 0.05) is 44.6 Å². The van der Waals surface area contributed by atoms with Crippen molar-refractivity contribution >= 4 is 23.2 Å². The van der Waals surface area contributed by atoms with E-state index < -0.39 is 0 Å². The van der Waals surface area contributed by atoms with Gasteiger partial charge < -0.3 is 14.5 Å². The van der Waals surface area contributed by atoms with Crippen LogP contribution in [-0.2, 0) is 0 Å². The number of nitrogens with zero attached hydrogens (tertiary/aromatic N) is 2. The molecule has 154 valence electrons. The third kappa shape index (κ3) is 5.00. The molecule has 0 unspecified atom stereocenters. The Morgan fingerprint density at radius 3 is 2.10 bits per heavy atom. The monoisotopic (exact) mass is 392 g/mol. The van der Waals surface area contributed by atoms with E-state index in [-0.39, 0.29) is 5.78 Å². The topological polar surface area (TPSA) is 32.8 Å². The van der Waals surface area contributed by atoms with E-state index in [0.29, 0.717) is 17.1 Å². The smallest absolute Gasteiger partial charge is 0.231 e. The molecule has 2 aromatic rings. The van der Waals surface area contributed by atoms with Gasteiger partial charge in [0.15, 0.2) is 5.76 Å². The predicted octanol–water partition coefficient (Wildman–Crippen LogP) is 5.78. The van der Waals surface area contributed by atoms with Gasteiger partial charge in [0.05, 0.1) is 5.56 Å². The first kappa shape index (κ1) is 21.0. The van der Waals surface area contributed by atoms with E-state index in [0.717, 1.165) is 24.3 Å². The van der Waals surface area contributed by atoms with E-state index in [2.05, 4.69) is 43.0 Å². The van der Waals surface area contributed by atoms with Gasteiger partial charge in [0.25, 0.3) is 0 Å². The van der Waals surface area contributed by atoms with Crippen molar-refractivity contribution in [2.24, 2.45) is 0 Å². The molecule has 1 aliphatic rings. The number of carbonyl (C=O) groups is 1. The summed E-state index contributed by atoms with van der Waals surface area (Å²) in [7, 11) is 3.95. The second-order valence-corrected chi connectivity index (χ2v) is 7.80. The highest BCUT2D eigenvalue weighted by Gasteiger charge is 2.27. The molecule has 0 saturated carbocycles. The Labute approximate surface area is 174 Å². The van der Waals surface area contributed by atoms with Crippen molar-refractivity contribution in [1.29, 1.82) is 0 Å². The molecule has 0 fully saturated rings. The molecule has 2 aromatic carbocycles. The number of unbranched alkanes of at least 4 members (excludes halogenated alkanes) is 2. The van der Waals surface area contributed by atoms with Crippen molar-refractivity contribution in [2.75, 3.05) is 37.0 Å². The van der Waals surface area contributed by atoms with Crippen molar-refractivity contribution < 1.29 is 9.53 Å². The number of rotatable bonds is 9. The van der Waals surface area contributed by atoms with Crippen LogP contribution < -0.4 is 14.5 Å². The number of ketones is 1. The average molecular weight is 393 g/mol. The average Bonchev–Trinajstić information content (AvgIpc) is 3.03. The van der Waals surface area contributed by atoms with Crippen molar-refractivity contribution in [1.82, 2.24) is 0 Å². The van der Waals surface area contributed by atoms with Gasteiger partial charge in [-0.2, -0.15) is 0 Å². The molecule has 1 aliphatic heterocycles. The highest BCUT2D eigenvalue weighted by atomic mass is 16.5. The summed E-state index contributed by atoms with van der Waals surface area (Å²) < 4.78 is 5.87. The molecule has 0 amide bonds. The van der Waals surface area contributed by atoms with Crippen molar-refractivity contribution in [2.45, 2.75) is 39.5 Å². The minimum Gasteiger partial charge on any atom is -0.452 e. The normalized spacial score (nSPS) is 14.1. The summed E-state index contributed by atoms with van der Waals surface area (Å²) in [6.07, 6.45) is 6.63. The highest BCUT2D eigenvalue weighted by Crippen LogP contribution is 2.34. The van der Waals surface area contributed by atoms with Crippen LogP contribution in [0.2, 0.25) is 0 Å². The Hall–Kier alpha value is -2.75. The molecule has 29 heavy (non-hydrogen) atoms. The number of Topliss-reactive ketones (excluding diaryl/α,β-unsaturated/α-hetero) is 1. The van der Waals surface area contributed by atoms with E-state index in [1.54, 1.807) is 0 Å². The van der Waals surface area contributed by atoms with Crippen LogP contribution in [0, 0.1) is 0 Å². The standard InChI is InChI=1S/C25H32N2O2/c1-5-7-15-27(16-8-6-2)20-11-9-19(10-12-20)17-24-25(28)22-14-13-21(26(3)4)18-23(22)29-24/h9-14,17-18H,5-8,15-16H2,1-4H3. The van der Waals surface area contributed by atoms with Gasteiger partial charge in [-0.3, -0.25) is 4.79 Å². The fourth-order valence-corrected chi connectivity index (χ4v) is 3.45. The number of ether oxygens (including phenoxy) is 1. The minimum absolute atomic E-state index is 0.0538. The SMILES string of the molecule is CCCCN(CCCC)c1ccc(C=C2Oc3cc(N(C)C)ccc3C2=O)cc1. The second-order valence-electron chi connectivity index (χ2n) is 7.80. The molecule has 0 N–H and O–H groups in total. The van der Waals surface area contributed by atoms with Crippen LogP contribution in [0.3, 0.4) is 0 Å². The summed E-state index contributed by atoms with van der Waals surface area (Å²) in [5.74, 6) is 0.966. The zero-order chi connectivity index (χ0) is 20.8. The molecule has 0 spiro atoms. The second kappa shape index (κ2) is 9.64. The molecule has 3 rings (SSSR count). The van der Waals surface area contributed by atoms with Crippen LogP contribution in [0.15, 0.2) is 48.2 Å². The third-order valence-electron chi connectivity index (χ3n) is 5.29. The Kier molecular flexibility index (Phi) is 6.97. The van der Waals surface area contributed by atoms with Gasteiger partial charge in [-0.25, -0.2) is 0 Å². The molecule has 4 nitrogen and oxygen atoms in total. The number of anilines is 2. The maximum absolute atomic E-state index is 12.7. The highest BCUT2D eigenvalue weighted by molar-refractivity contribution is 6.14. The van der Waals surface area contributed by atoms with Gasteiger partial charge >= 0.3 is 0 Å². The Bertz CT molecular complexity index is 861. The quantitative estimate of drug-likeness (QED) is 0.507. The third-order valence-corrected chi connectivity index (χ3v) is 5.29. The Balaban J connectivity index is 1.76. The van der Waals surface area contributed by atoms with Gasteiger partial charge in [0.2, 0.25) is 5.78 Å². The van der Waals surface area contributed by atoms with E-state index >= 15 is 0 Å². The predicted molar refractivity (Wildman–Crippen MR) is 122 cm³/mol. The zero-order valence-electron chi connectivity index (χ0n) is 18.1. The largest absolute Gasteiger partial charge is 0.452 e. The lowest BCUT2D eigenvalue weighted by molar-refractivity contribution is 0.101. The molecule has 0 aromatic heterocycles. The molecule has 0 bridgehead atoms. The van der Waals surface area contributed by atoms with E-state index in [4.69, 9.17) is 4.74 Å². The lowest BCUT2D eigenvalue weighted by Gasteiger charge is -2.24. The number of hydrogen-bond acceptors (Lipinski definition) is 4. The summed E-state index contributed by atoms with van der Waals surface area (Å²) in [5, 5.41) is 0. The fourth-order valence-electron chi connectivity index (χ4n) is 3.45. The minimum atomic E-state index is -0.0538. The number of hydrogen-bond donors (Lipinski definition) is 0. The van der Waals surface area contributed by atoms with Crippen LogP contribution >= 0.6 is 0 Å². The molecule has 0 saturated heterocycles. The van der Waals surface area contributed by atoms with Crippen molar-refractivity contribution in [3.8, 4) is 5.75 Å². The Morgan fingerprint density at radius 1 is 0.897 bits per heavy atom. The summed E-state index contributed by atoms with van der Waals surface area (Å²) >= 11 is 0. The number of benzene rings is 2. The zero-order valence-corrected chi connectivity index (χ0v) is 18.1. The van der Waals surface area contributed by atoms with Crippen LogP contribution in [0.25, 0.3) is 6.08 Å². The lowest BCUT2D eigenvalue weighted by Crippen LogP contribution is -2.25. The van der Waals surface area contributed by atoms with Crippen LogP contribution in [0.4, 0.5) is 11.4 Å². The van der Waals surface area contributed by atoms with Gasteiger partial charge in [-0.1, -0.05) is 38.8 Å². The van der Waals surface area contributed by atoms with E-state index in [1.807, 2.05) is 43.3 Å². The van der Waals surface area contributed by atoms with Crippen molar-refractivity contribution in [3.63, 3.8) is 0 Å². The Morgan fingerprint density at radius 2 is 1.52 bits per heavy atom. The first-order valence-electron chi connectivity index (χ1n) is 10.6. The molecule has 0 radical (unpaired) electrons. The number of allylic oxidation sites excluding steroid dienone is 1. The maximum Gasteiger partial charge on any atom is 0.231 e. The lowest BCUT2D eigenvalue weighted by atomic mass is 10.1. The summed E-state index contributed by atoms with van der Waals surface area (Å²) in [6.45, 7) is 6.63. The van der Waals surface area contributed by atoms with Gasteiger partial charge in [-0.15, -0.1) is 0 Å². The molecule has 0 aliphatic carbocycles. The van der Waals surface area contributed by atoms with Gasteiger partial charge in [0.1, 0.15) is 5.75 Å². The molecule has 0 atom stereocenters. The molecule has 1 heterocycles. The fraction of sp³-hybridized carbons (Fsp3) is 0.400. The molecule has 4 heteroatoms. The van der Waals surface area contributed by atoms with Crippen LogP contribution in [-0.4, -0.2) is 33.0 Å². The number of fused-ring (bicyclic) bond motifs is 1. The first-order valence-corrected chi connectivity index (χ1v) is 10.6. The maximum atomic E-state index is 12.7.